The van der Waals surface area contributed by atoms with Crippen LogP contribution in [-0.2, 0) is 25.7 Å². The van der Waals surface area contributed by atoms with Gasteiger partial charge in [-0.1, -0.05) is 45.0 Å². The molecule has 1 aliphatic carbocycles. The summed E-state index contributed by atoms with van der Waals surface area (Å²) in [6.45, 7) is 9.10. The van der Waals surface area contributed by atoms with Gasteiger partial charge in [-0.2, -0.15) is 0 Å². The van der Waals surface area contributed by atoms with Gasteiger partial charge in [-0.25, -0.2) is 4.98 Å². The van der Waals surface area contributed by atoms with Crippen molar-refractivity contribution in [1.29, 1.82) is 0 Å². The van der Waals surface area contributed by atoms with Crippen LogP contribution in [-0.4, -0.2) is 63.2 Å². The number of benzene rings is 1. The maximum atomic E-state index is 13.7. The summed E-state index contributed by atoms with van der Waals surface area (Å²) in [4.78, 5) is 58.6. The van der Waals surface area contributed by atoms with E-state index in [0.717, 1.165) is 21.7 Å². The molecule has 1 aromatic carbocycles. The third-order valence-corrected chi connectivity index (χ3v) is 8.52. The summed E-state index contributed by atoms with van der Waals surface area (Å²) in [5.41, 5.74) is 3.01. The van der Waals surface area contributed by atoms with E-state index in [9.17, 15) is 24.3 Å². The van der Waals surface area contributed by atoms with Gasteiger partial charge in [-0.05, 0) is 43.2 Å². The number of nitrogens with zero attached hydrogens (tertiary/aromatic N) is 2. The molecule has 2 fully saturated rings. The fourth-order valence-corrected chi connectivity index (χ4v) is 5.73. The average Bonchev–Trinajstić information content (AvgIpc) is 3.43. The third kappa shape index (κ3) is 5.66. The van der Waals surface area contributed by atoms with E-state index in [2.05, 4.69) is 15.6 Å². The quantitative estimate of drug-likeness (QED) is 0.442. The summed E-state index contributed by atoms with van der Waals surface area (Å²) in [5.74, 6) is -1.46. The number of hydrogen-bond donors (Lipinski definition) is 3. The van der Waals surface area contributed by atoms with Crippen LogP contribution in [0.2, 0.25) is 0 Å². The Morgan fingerprint density at radius 3 is 2.37 bits per heavy atom. The summed E-state index contributed by atoms with van der Waals surface area (Å²) >= 11 is 1.58. The van der Waals surface area contributed by atoms with Crippen molar-refractivity contribution in [2.75, 3.05) is 6.54 Å². The van der Waals surface area contributed by atoms with Crippen LogP contribution in [0.15, 0.2) is 29.8 Å². The lowest BCUT2D eigenvalue weighted by Gasteiger charge is -2.36. The molecule has 1 aliphatic heterocycles. The largest absolute Gasteiger partial charge is 0.391 e. The highest BCUT2D eigenvalue weighted by Crippen LogP contribution is 2.47. The molecule has 38 heavy (non-hydrogen) atoms. The van der Waals surface area contributed by atoms with Crippen molar-refractivity contribution in [3.05, 3.63) is 41.0 Å². The topological polar surface area (TPSA) is 129 Å². The van der Waals surface area contributed by atoms with Crippen molar-refractivity contribution < 1.29 is 24.3 Å². The number of aromatic nitrogens is 1. The van der Waals surface area contributed by atoms with Crippen LogP contribution in [0, 0.1) is 17.8 Å². The summed E-state index contributed by atoms with van der Waals surface area (Å²) in [6.07, 6.45) is 0.207. The number of β-amino-alcohol motifs (C(OH)–C–C–N with tert-alkyl or cyclic N) is 1. The Morgan fingerprint density at radius 1 is 1.18 bits per heavy atom. The standard InChI is InChI=1S/C28H36N4O5S/c1-16-22(38-15-30-16)19-8-6-18(7-9-19)13-29-24(35)21-12-20(34)14-32(21)25(36)23(27(3,4)5)31-26(37)28(10-11-28)17(2)33/h6-9,15,20-21,23,34H,10-14H2,1-5H3,(H,29,35)(H,31,37)/t20-,21+,23-/m1/s1. The molecule has 0 spiro atoms. The lowest BCUT2D eigenvalue weighted by molar-refractivity contribution is -0.145. The zero-order valence-corrected chi connectivity index (χ0v) is 23.4. The predicted octanol–water partition coefficient (Wildman–Crippen LogP) is 2.60. The minimum atomic E-state index is -1.06. The van der Waals surface area contributed by atoms with Crippen molar-refractivity contribution in [2.24, 2.45) is 10.8 Å². The fourth-order valence-electron chi connectivity index (χ4n) is 4.91. The number of rotatable bonds is 8. The zero-order chi connectivity index (χ0) is 27.8. The van der Waals surface area contributed by atoms with Gasteiger partial charge >= 0.3 is 0 Å². The van der Waals surface area contributed by atoms with Crippen LogP contribution in [0.4, 0.5) is 0 Å². The number of likely N-dealkylation sites (tertiary alicyclic amines) is 1. The molecule has 10 heteroatoms. The van der Waals surface area contributed by atoms with E-state index in [4.69, 9.17) is 0 Å². The number of aliphatic hydroxyl groups is 1. The van der Waals surface area contributed by atoms with Gasteiger partial charge in [-0.3, -0.25) is 19.2 Å². The molecule has 3 atom stereocenters. The Morgan fingerprint density at radius 2 is 1.84 bits per heavy atom. The summed E-state index contributed by atoms with van der Waals surface area (Å²) in [7, 11) is 0. The maximum Gasteiger partial charge on any atom is 0.246 e. The average molecular weight is 541 g/mol. The molecule has 0 radical (unpaired) electrons. The minimum absolute atomic E-state index is 0.000118. The van der Waals surface area contributed by atoms with Crippen molar-refractivity contribution >= 4 is 34.8 Å². The van der Waals surface area contributed by atoms with Gasteiger partial charge in [0.2, 0.25) is 17.7 Å². The highest BCUT2D eigenvalue weighted by Gasteiger charge is 2.56. The Bertz CT molecular complexity index is 1230. The number of aryl methyl sites for hydroxylation is 1. The van der Waals surface area contributed by atoms with E-state index in [1.54, 1.807) is 11.3 Å². The lowest BCUT2D eigenvalue weighted by atomic mass is 9.84. The molecule has 204 valence electrons. The molecule has 1 aromatic heterocycles. The molecule has 2 aliphatic rings. The first-order chi connectivity index (χ1) is 17.8. The molecule has 3 amide bonds. The van der Waals surface area contributed by atoms with E-state index in [1.165, 1.54) is 11.8 Å². The SMILES string of the molecule is CC(=O)C1(C(=O)N[C@H](C(=O)N2C[C@H](O)C[C@H]2C(=O)NCc2ccc(-c3scnc3C)cc2)C(C)(C)C)CC1. The number of thiazole rings is 1. The molecule has 1 saturated heterocycles. The summed E-state index contributed by atoms with van der Waals surface area (Å²) < 4.78 is 0. The number of nitrogens with one attached hydrogen (secondary N) is 2. The number of carbonyl (C=O) groups is 4. The maximum absolute atomic E-state index is 13.7. The second-order valence-electron chi connectivity index (χ2n) is 11.5. The first-order valence-electron chi connectivity index (χ1n) is 12.9. The molecular formula is C28H36N4O5S. The van der Waals surface area contributed by atoms with E-state index in [1.807, 2.05) is 57.5 Å². The van der Waals surface area contributed by atoms with Gasteiger partial charge in [0.1, 0.15) is 23.3 Å². The van der Waals surface area contributed by atoms with Crippen molar-refractivity contribution in [3.63, 3.8) is 0 Å². The van der Waals surface area contributed by atoms with E-state index < -0.39 is 40.8 Å². The normalized spacial score (nSPS) is 21.1. The molecule has 4 rings (SSSR count). The molecule has 3 N–H and O–H groups in total. The Kier molecular flexibility index (Phi) is 7.76. The smallest absolute Gasteiger partial charge is 0.246 e. The molecule has 2 aromatic rings. The fraction of sp³-hybridized carbons (Fsp3) is 0.536. The monoisotopic (exact) mass is 540 g/mol. The summed E-state index contributed by atoms with van der Waals surface area (Å²) in [5, 5.41) is 16.1. The Balaban J connectivity index is 1.43. The van der Waals surface area contributed by atoms with Gasteiger partial charge in [0, 0.05) is 19.5 Å². The second-order valence-corrected chi connectivity index (χ2v) is 12.3. The van der Waals surface area contributed by atoms with Crippen molar-refractivity contribution in [3.8, 4) is 10.4 Å². The van der Waals surface area contributed by atoms with Gasteiger partial charge in [0.05, 0.1) is 22.2 Å². The van der Waals surface area contributed by atoms with E-state index in [-0.39, 0.29) is 31.2 Å². The Labute approximate surface area is 227 Å². The van der Waals surface area contributed by atoms with Gasteiger partial charge in [-0.15, -0.1) is 11.3 Å². The number of hydrogen-bond acceptors (Lipinski definition) is 7. The van der Waals surface area contributed by atoms with Crippen LogP contribution >= 0.6 is 11.3 Å². The molecule has 0 unspecified atom stereocenters. The molecular weight excluding hydrogens is 504 g/mol. The molecule has 2 heterocycles. The van der Waals surface area contributed by atoms with Crippen LogP contribution in [0.25, 0.3) is 10.4 Å². The van der Waals surface area contributed by atoms with Crippen LogP contribution in [0.1, 0.15) is 58.2 Å². The second kappa shape index (κ2) is 10.6. The molecule has 0 bridgehead atoms. The van der Waals surface area contributed by atoms with Crippen LogP contribution < -0.4 is 10.6 Å². The third-order valence-electron chi connectivity index (χ3n) is 7.54. The van der Waals surface area contributed by atoms with E-state index in [0.29, 0.717) is 12.8 Å². The Hall–Kier alpha value is -3.11. The minimum Gasteiger partial charge on any atom is -0.391 e. The first kappa shape index (κ1) is 27.9. The summed E-state index contributed by atoms with van der Waals surface area (Å²) in [6, 6.07) is 6.05. The predicted molar refractivity (Wildman–Crippen MR) is 144 cm³/mol. The highest BCUT2D eigenvalue weighted by molar-refractivity contribution is 7.13. The van der Waals surface area contributed by atoms with Gasteiger partial charge in [0.15, 0.2) is 0 Å². The van der Waals surface area contributed by atoms with Gasteiger partial charge < -0.3 is 20.6 Å². The van der Waals surface area contributed by atoms with Gasteiger partial charge in [0.25, 0.3) is 0 Å². The highest BCUT2D eigenvalue weighted by atomic mass is 32.1. The van der Waals surface area contributed by atoms with E-state index >= 15 is 0 Å². The molecule has 1 saturated carbocycles. The number of ketones is 1. The zero-order valence-electron chi connectivity index (χ0n) is 22.5. The number of amides is 3. The first-order valence-corrected chi connectivity index (χ1v) is 13.8. The molecule has 9 nitrogen and oxygen atoms in total. The van der Waals surface area contributed by atoms with Crippen molar-refractivity contribution in [2.45, 2.75) is 78.6 Å². The van der Waals surface area contributed by atoms with Crippen LogP contribution in [0.3, 0.4) is 0 Å². The number of carbonyl (C=O) groups excluding carboxylic acids is 4. The number of Topliss-reactive ketones (excluding diaryl/α,β-unsaturated/α-hetero) is 1. The van der Waals surface area contributed by atoms with Crippen molar-refractivity contribution in [1.82, 2.24) is 20.5 Å². The number of aliphatic hydroxyl groups excluding tert-OH is 1. The van der Waals surface area contributed by atoms with Crippen LogP contribution in [0.5, 0.6) is 0 Å². The lowest BCUT2D eigenvalue weighted by Crippen LogP contribution is -2.59.